The number of rotatable bonds is 7. The monoisotopic (exact) mass is 538 g/mol. The van der Waals surface area contributed by atoms with Crippen LogP contribution in [0, 0.1) is 6.92 Å². The molecule has 174 valence electrons. The molecule has 0 aliphatic carbocycles. The number of carbonyl (C=O) groups excluding carboxylic acids is 1. The van der Waals surface area contributed by atoms with E-state index >= 15 is 0 Å². The summed E-state index contributed by atoms with van der Waals surface area (Å²) < 4.78 is 17.5. The molecule has 4 rings (SSSR count). The second kappa shape index (κ2) is 10.8. The van der Waals surface area contributed by atoms with Crippen molar-refractivity contribution in [2.75, 3.05) is 14.2 Å². The number of amides is 1. The number of amidine groups is 1. The van der Waals surface area contributed by atoms with Crippen molar-refractivity contribution in [1.29, 1.82) is 0 Å². The van der Waals surface area contributed by atoms with E-state index in [1.807, 2.05) is 55.5 Å². The molecule has 34 heavy (non-hydrogen) atoms. The van der Waals surface area contributed by atoms with Crippen molar-refractivity contribution in [3.05, 3.63) is 86.7 Å². The van der Waals surface area contributed by atoms with Gasteiger partial charge in [0.15, 0.2) is 16.7 Å². The molecule has 1 aliphatic rings. The van der Waals surface area contributed by atoms with Gasteiger partial charge < -0.3 is 19.5 Å². The van der Waals surface area contributed by atoms with E-state index in [0.29, 0.717) is 28.2 Å². The number of thioether (sulfide) groups is 1. The van der Waals surface area contributed by atoms with E-state index in [0.717, 1.165) is 27.0 Å². The third kappa shape index (κ3) is 5.81. The number of ether oxygens (including phenoxy) is 3. The summed E-state index contributed by atoms with van der Waals surface area (Å²) in [5, 5.41) is 3.32. The van der Waals surface area contributed by atoms with Crippen molar-refractivity contribution in [2.24, 2.45) is 4.99 Å². The molecule has 1 amide bonds. The van der Waals surface area contributed by atoms with Crippen molar-refractivity contribution >= 4 is 50.5 Å². The van der Waals surface area contributed by atoms with Gasteiger partial charge in [0.05, 0.1) is 29.3 Å². The minimum Gasteiger partial charge on any atom is -0.497 e. The van der Waals surface area contributed by atoms with Gasteiger partial charge >= 0.3 is 0 Å². The lowest BCUT2D eigenvalue weighted by Crippen LogP contribution is -2.19. The largest absolute Gasteiger partial charge is 0.497 e. The third-order valence-electron chi connectivity index (χ3n) is 5.01. The Hall–Kier alpha value is -3.23. The minimum absolute atomic E-state index is 0.202. The van der Waals surface area contributed by atoms with Gasteiger partial charge in [0.2, 0.25) is 0 Å². The number of nitrogens with zero attached hydrogens (tertiary/aromatic N) is 1. The number of halogens is 1. The SMILES string of the molecule is COc1ccc(N=C2NC(=O)/C(=C/c3cc(Br)c(OCc4ccc(C)cc4)c(OC)c3)S2)cc1. The van der Waals surface area contributed by atoms with E-state index in [9.17, 15) is 4.79 Å². The number of benzene rings is 3. The Morgan fingerprint density at radius 3 is 2.44 bits per heavy atom. The van der Waals surface area contributed by atoms with Crippen LogP contribution in [-0.4, -0.2) is 25.3 Å². The van der Waals surface area contributed by atoms with E-state index in [2.05, 4.69) is 38.4 Å². The molecule has 1 heterocycles. The number of carbonyl (C=O) groups is 1. The Balaban J connectivity index is 1.51. The number of hydrogen-bond acceptors (Lipinski definition) is 6. The maximum absolute atomic E-state index is 12.5. The van der Waals surface area contributed by atoms with E-state index in [1.165, 1.54) is 17.3 Å². The van der Waals surface area contributed by atoms with Crippen LogP contribution in [0.2, 0.25) is 0 Å². The second-order valence-electron chi connectivity index (χ2n) is 7.49. The van der Waals surface area contributed by atoms with Crippen LogP contribution in [0.3, 0.4) is 0 Å². The van der Waals surface area contributed by atoms with Crippen molar-refractivity contribution < 1.29 is 19.0 Å². The van der Waals surface area contributed by atoms with Gasteiger partial charge in [-0.2, -0.15) is 0 Å². The Labute approximate surface area is 211 Å². The van der Waals surface area contributed by atoms with Crippen LogP contribution >= 0.6 is 27.7 Å². The predicted molar refractivity (Wildman–Crippen MR) is 140 cm³/mol. The number of methoxy groups -OCH3 is 2. The topological polar surface area (TPSA) is 69.2 Å². The van der Waals surface area contributed by atoms with Gasteiger partial charge in [-0.3, -0.25) is 4.79 Å². The smallest absolute Gasteiger partial charge is 0.264 e. The highest BCUT2D eigenvalue weighted by molar-refractivity contribution is 9.10. The molecule has 1 fully saturated rings. The fraction of sp³-hybridized carbons (Fsp3) is 0.154. The summed E-state index contributed by atoms with van der Waals surface area (Å²) in [5.41, 5.74) is 3.79. The van der Waals surface area contributed by atoms with Gasteiger partial charge in [-0.25, -0.2) is 4.99 Å². The molecule has 6 nitrogen and oxygen atoms in total. The molecule has 0 saturated carbocycles. The van der Waals surface area contributed by atoms with Gasteiger partial charge in [-0.15, -0.1) is 0 Å². The maximum Gasteiger partial charge on any atom is 0.264 e. The van der Waals surface area contributed by atoms with Crippen LogP contribution in [-0.2, 0) is 11.4 Å². The van der Waals surface area contributed by atoms with Gasteiger partial charge in [-0.05, 0) is 88.2 Å². The van der Waals surface area contributed by atoms with Gasteiger partial charge in [0.25, 0.3) is 5.91 Å². The molecular formula is C26H23BrN2O4S. The maximum atomic E-state index is 12.5. The van der Waals surface area contributed by atoms with Crippen LogP contribution in [0.25, 0.3) is 6.08 Å². The Morgan fingerprint density at radius 2 is 1.76 bits per heavy atom. The number of nitrogens with one attached hydrogen (secondary N) is 1. The summed E-state index contributed by atoms with van der Waals surface area (Å²) >= 11 is 4.86. The summed E-state index contributed by atoms with van der Waals surface area (Å²) in [7, 11) is 3.20. The van der Waals surface area contributed by atoms with Gasteiger partial charge in [0.1, 0.15) is 12.4 Å². The lowest BCUT2D eigenvalue weighted by atomic mass is 10.1. The van der Waals surface area contributed by atoms with E-state index in [-0.39, 0.29) is 5.91 Å². The van der Waals surface area contributed by atoms with Gasteiger partial charge in [0, 0.05) is 0 Å². The fourth-order valence-corrected chi connectivity index (χ4v) is 4.62. The molecule has 0 radical (unpaired) electrons. The molecule has 1 N–H and O–H groups in total. The molecule has 0 unspecified atom stereocenters. The fourth-order valence-electron chi connectivity index (χ4n) is 3.21. The number of aliphatic imine (C=N–C) groups is 1. The predicted octanol–water partition coefficient (Wildman–Crippen LogP) is 6.25. The summed E-state index contributed by atoms with van der Waals surface area (Å²) in [6, 6.07) is 19.2. The van der Waals surface area contributed by atoms with E-state index in [1.54, 1.807) is 20.3 Å². The highest BCUT2D eigenvalue weighted by Crippen LogP contribution is 2.39. The first-order chi connectivity index (χ1) is 16.4. The summed E-state index contributed by atoms with van der Waals surface area (Å²) in [6.07, 6.45) is 1.80. The normalized spacial score (nSPS) is 15.5. The molecule has 1 aliphatic heterocycles. The van der Waals surface area contributed by atoms with Crippen molar-refractivity contribution in [1.82, 2.24) is 5.32 Å². The highest BCUT2D eigenvalue weighted by atomic mass is 79.9. The molecule has 0 aromatic heterocycles. The van der Waals surface area contributed by atoms with E-state index < -0.39 is 0 Å². The molecule has 8 heteroatoms. The van der Waals surface area contributed by atoms with Crippen LogP contribution < -0.4 is 19.5 Å². The molecule has 3 aromatic rings. The Bertz CT molecular complexity index is 1260. The molecule has 0 atom stereocenters. The summed E-state index contributed by atoms with van der Waals surface area (Å²) in [5.74, 6) is 1.73. The van der Waals surface area contributed by atoms with Gasteiger partial charge in [-0.1, -0.05) is 29.8 Å². The molecular weight excluding hydrogens is 516 g/mol. The number of hydrogen-bond donors (Lipinski definition) is 1. The molecule has 3 aromatic carbocycles. The van der Waals surface area contributed by atoms with Crippen molar-refractivity contribution in [2.45, 2.75) is 13.5 Å². The lowest BCUT2D eigenvalue weighted by Gasteiger charge is -2.14. The van der Waals surface area contributed by atoms with Crippen LogP contribution in [0.4, 0.5) is 5.69 Å². The molecule has 0 spiro atoms. The molecule has 0 bridgehead atoms. The van der Waals surface area contributed by atoms with E-state index in [4.69, 9.17) is 14.2 Å². The average molecular weight is 539 g/mol. The minimum atomic E-state index is -0.202. The first kappa shape index (κ1) is 23.9. The van der Waals surface area contributed by atoms with Crippen LogP contribution in [0.1, 0.15) is 16.7 Å². The third-order valence-corrected chi connectivity index (χ3v) is 6.51. The second-order valence-corrected chi connectivity index (χ2v) is 9.37. The van der Waals surface area contributed by atoms with Crippen molar-refractivity contribution in [3.8, 4) is 17.2 Å². The summed E-state index contributed by atoms with van der Waals surface area (Å²) in [6.45, 7) is 2.47. The zero-order chi connectivity index (χ0) is 24.1. The summed E-state index contributed by atoms with van der Waals surface area (Å²) in [4.78, 5) is 17.5. The van der Waals surface area contributed by atoms with Crippen LogP contribution in [0.5, 0.6) is 17.2 Å². The first-order valence-corrected chi connectivity index (χ1v) is 12.1. The molecule has 1 saturated heterocycles. The first-order valence-electron chi connectivity index (χ1n) is 10.4. The average Bonchev–Trinajstić information content (AvgIpc) is 3.17. The van der Waals surface area contributed by atoms with Crippen LogP contribution in [0.15, 0.2) is 75.0 Å². The Morgan fingerprint density at radius 1 is 1.03 bits per heavy atom. The zero-order valence-electron chi connectivity index (χ0n) is 18.9. The Kier molecular flexibility index (Phi) is 7.59. The van der Waals surface area contributed by atoms with Crippen molar-refractivity contribution in [3.63, 3.8) is 0 Å². The zero-order valence-corrected chi connectivity index (χ0v) is 21.3. The highest BCUT2D eigenvalue weighted by Gasteiger charge is 2.24. The number of aryl methyl sites for hydroxylation is 1. The lowest BCUT2D eigenvalue weighted by molar-refractivity contribution is -0.115. The standard InChI is InChI=1S/C26H23BrN2O4S/c1-16-4-6-17(7-5-16)15-33-24-21(27)12-18(13-22(24)32-3)14-23-25(30)29-26(34-23)28-19-8-10-20(31-2)11-9-19/h4-14H,15H2,1-3H3,(H,28,29,30)/b23-14-. The quantitative estimate of drug-likeness (QED) is 0.360.